The van der Waals surface area contributed by atoms with E-state index in [2.05, 4.69) is 19.0 Å². The smallest absolute Gasteiger partial charge is 0.145 e. The van der Waals surface area contributed by atoms with E-state index in [1.54, 1.807) is 12.1 Å². The fourth-order valence-electron chi connectivity index (χ4n) is 4.61. The number of halogens is 2. The molecule has 0 N–H and O–H groups in total. The number of nitrogens with zero attached hydrogens (tertiary/aromatic N) is 1. The van der Waals surface area contributed by atoms with Crippen LogP contribution in [0.5, 0.6) is 0 Å². The van der Waals surface area contributed by atoms with Gasteiger partial charge < -0.3 is 9.26 Å². The van der Waals surface area contributed by atoms with Gasteiger partial charge in [-0.05, 0) is 51.2 Å². The number of benzene rings is 1. The fraction of sp³-hybridized carbons (Fsp3) is 0.565. The maximum absolute atomic E-state index is 12.4. The zero-order valence-corrected chi connectivity index (χ0v) is 18.6. The Morgan fingerprint density at radius 1 is 1.24 bits per heavy atom. The minimum atomic E-state index is -0.354. The number of rotatable bonds is 6. The van der Waals surface area contributed by atoms with E-state index in [-0.39, 0.29) is 17.4 Å². The van der Waals surface area contributed by atoms with Gasteiger partial charge in [0.1, 0.15) is 17.2 Å². The zero-order valence-electron chi connectivity index (χ0n) is 17.1. The van der Waals surface area contributed by atoms with Gasteiger partial charge >= 0.3 is 0 Å². The minimum Gasteiger partial charge on any atom is -0.370 e. The Morgan fingerprint density at radius 2 is 1.93 bits per heavy atom. The fourth-order valence-corrected chi connectivity index (χ4v) is 5.19. The van der Waals surface area contributed by atoms with Crippen molar-refractivity contribution in [2.45, 2.75) is 71.0 Å². The van der Waals surface area contributed by atoms with Crippen molar-refractivity contribution in [3.63, 3.8) is 0 Å². The predicted octanol–water partition coefficient (Wildman–Crippen LogP) is 6.83. The second-order valence-electron chi connectivity index (χ2n) is 8.80. The normalized spacial score (nSPS) is 27.4. The lowest BCUT2D eigenvalue weighted by atomic mass is 9.72. The molecule has 1 heterocycles. The molecule has 0 spiro atoms. The largest absolute Gasteiger partial charge is 0.370 e. The molecule has 0 radical (unpaired) electrons. The van der Waals surface area contributed by atoms with Crippen LogP contribution in [-0.4, -0.2) is 16.5 Å². The van der Waals surface area contributed by atoms with Gasteiger partial charge in [0.05, 0.1) is 22.3 Å². The minimum absolute atomic E-state index is 0.0153. The first kappa shape index (κ1) is 20.9. The second kappa shape index (κ2) is 8.05. The molecule has 0 bridgehead atoms. The third-order valence-electron chi connectivity index (χ3n) is 6.33. The molecule has 0 saturated heterocycles. The van der Waals surface area contributed by atoms with Gasteiger partial charge in [0.15, 0.2) is 0 Å². The Bertz CT molecular complexity index is 901. The Labute approximate surface area is 181 Å². The highest BCUT2D eigenvalue weighted by atomic mass is 35.5. The summed E-state index contributed by atoms with van der Waals surface area (Å²) in [4.78, 5) is 12.4. The van der Waals surface area contributed by atoms with E-state index in [1.807, 2.05) is 13.0 Å². The van der Waals surface area contributed by atoms with E-state index in [0.717, 1.165) is 43.4 Å². The molecule has 4 nitrogen and oxygen atoms in total. The number of hydrogen-bond donors (Lipinski definition) is 0. The van der Waals surface area contributed by atoms with Crippen molar-refractivity contribution >= 4 is 29.0 Å². The molecule has 4 rings (SSSR count). The molecule has 29 heavy (non-hydrogen) atoms. The molecule has 3 atom stereocenters. The van der Waals surface area contributed by atoms with Crippen molar-refractivity contribution < 1.29 is 14.1 Å². The highest BCUT2D eigenvalue weighted by Crippen LogP contribution is 2.47. The van der Waals surface area contributed by atoms with Crippen molar-refractivity contribution in [3.8, 4) is 11.3 Å². The van der Waals surface area contributed by atoms with Gasteiger partial charge in [-0.3, -0.25) is 4.79 Å². The maximum Gasteiger partial charge on any atom is 0.145 e. The number of carbonyl (C=O) groups excluding carboxylic acids is 1. The van der Waals surface area contributed by atoms with Gasteiger partial charge in [-0.1, -0.05) is 48.3 Å². The predicted molar refractivity (Wildman–Crippen MR) is 114 cm³/mol. The SMILES string of the molecule is CCC1CC(C)(OCc2c(-c3c(Cl)cccc3Cl)noc2C2CC2)CC(C)C1=O. The molecule has 2 aliphatic carbocycles. The summed E-state index contributed by atoms with van der Waals surface area (Å²) in [6.45, 7) is 6.57. The molecule has 2 aliphatic rings. The van der Waals surface area contributed by atoms with E-state index < -0.39 is 0 Å². The summed E-state index contributed by atoms with van der Waals surface area (Å²) in [5.41, 5.74) is 1.93. The van der Waals surface area contributed by atoms with Crippen LogP contribution in [0.1, 0.15) is 70.1 Å². The van der Waals surface area contributed by atoms with Crippen LogP contribution < -0.4 is 0 Å². The third kappa shape index (κ3) is 4.12. The molecular formula is C23H27Cl2NO3. The Hall–Kier alpha value is -1.36. The average molecular weight is 436 g/mol. The van der Waals surface area contributed by atoms with Crippen LogP contribution in [0.3, 0.4) is 0 Å². The lowest BCUT2D eigenvalue weighted by molar-refractivity contribution is -0.143. The summed E-state index contributed by atoms with van der Waals surface area (Å²) in [6.07, 6.45) is 4.52. The maximum atomic E-state index is 12.4. The van der Waals surface area contributed by atoms with Crippen LogP contribution >= 0.6 is 23.2 Å². The summed E-state index contributed by atoms with van der Waals surface area (Å²) >= 11 is 12.9. The van der Waals surface area contributed by atoms with Crippen LogP contribution in [0.2, 0.25) is 10.0 Å². The molecule has 2 saturated carbocycles. The first-order valence-electron chi connectivity index (χ1n) is 10.4. The first-order chi connectivity index (χ1) is 13.8. The summed E-state index contributed by atoms with van der Waals surface area (Å²) in [5.74, 6) is 1.71. The lowest BCUT2D eigenvalue weighted by Crippen LogP contribution is -2.43. The summed E-state index contributed by atoms with van der Waals surface area (Å²) in [5, 5.41) is 5.43. The first-order valence-corrected chi connectivity index (χ1v) is 11.2. The molecule has 1 aromatic carbocycles. The van der Waals surface area contributed by atoms with E-state index >= 15 is 0 Å². The number of aromatic nitrogens is 1. The Morgan fingerprint density at radius 3 is 2.55 bits per heavy atom. The van der Waals surface area contributed by atoms with Crippen LogP contribution in [0.4, 0.5) is 0 Å². The average Bonchev–Trinajstić information content (AvgIpc) is 3.44. The van der Waals surface area contributed by atoms with Gasteiger partial charge in [-0.2, -0.15) is 0 Å². The van der Waals surface area contributed by atoms with Crippen molar-refractivity contribution in [2.75, 3.05) is 0 Å². The van der Waals surface area contributed by atoms with Crippen molar-refractivity contribution in [1.82, 2.24) is 5.16 Å². The number of ether oxygens (including phenoxy) is 1. The van der Waals surface area contributed by atoms with Gasteiger partial charge in [-0.25, -0.2) is 0 Å². The molecule has 6 heteroatoms. The van der Waals surface area contributed by atoms with Gasteiger partial charge in [0, 0.05) is 28.9 Å². The quantitative estimate of drug-likeness (QED) is 0.498. The molecule has 2 fully saturated rings. The molecule has 3 unspecified atom stereocenters. The topological polar surface area (TPSA) is 52.3 Å². The molecule has 0 amide bonds. The molecule has 2 aromatic rings. The van der Waals surface area contributed by atoms with Gasteiger partial charge in [-0.15, -0.1) is 0 Å². The van der Waals surface area contributed by atoms with Crippen molar-refractivity contribution in [1.29, 1.82) is 0 Å². The summed E-state index contributed by atoms with van der Waals surface area (Å²) in [7, 11) is 0. The van der Waals surface area contributed by atoms with Crippen molar-refractivity contribution in [2.24, 2.45) is 11.8 Å². The zero-order chi connectivity index (χ0) is 20.8. The van der Waals surface area contributed by atoms with Crippen LogP contribution in [0.15, 0.2) is 22.7 Å². The number of hydrogen-bond acceptors (Lipinski definition) is 4. The summed E-state index contributed by atoms with van der Waals surface area (Å²) < 4.78 is 12.2. The van der Waals surface area contributed by atoms with Crippen LogP contribution in [0.25, 0.3) is 11.3 Å². The second-order valence-corrected chi connectivity index (χ2v) is 9.61. The summed E-state index contributed by atoms with van der Waals surface area (Å²) in [6, 6.07) is 5.43. The monoisotopic (exact) mass is 435 g/mol. The number of Topliss-reactive ketones (excluding diaryl/α,β-unsaturated/α-hetero) is 1. The molecule has 0 aliphatic heterocycles. The van der Waals surface area contributed by atoms with E-state index in [0.29, 0.717) is 39.6 Å². The van der Waals surface area contributed by atoms with Gasteiger partial charge in [0.2, 0.25) is 0 Å². The van der Waals surface area contributed by atoms with Crippen LogP contribution in [-0.2, 0) is 16.1 Å². The van der Waals surface area contributed by atoms with Crippen LogP contribution in [0, 0.1) is 11.8 Å². The number of ketones is 1. The van der Waals surface area contributed by atoms with Crippen molar-refractivity contribution in [3.05, 3.63) is 39.6 Å². The van der Waals surface area contributed by atoms with E-state index in [1.165, 1.54) is 0 Å². The van der Waals surface area contributed by atoms with E-state index in [4.69, 9.17) is 32.5 Å². The van der Waals surface area contributed by atoms with E-state index in [9.17, 15) is 4.79 Å². The Balaban J connectivity index is 1.63. The molecule has 156 valence electrons. The highest BCUT2D eigenvalue weighted by Gasteiger charge is 2.42. The standard InChI is InChI=1S/C23H27Cl2NO3/c1-4-14-11-23(3,10-13(2)21(14)27)28-12-16-20(26-29-22(16)15-8-9-15)19-17(24)6-5-7-18(19)25/h5-7,13-15H,4,8-12H2,1-3H3. The van der Waals surface area contributed by atoms with Gasteiger partial charge in [0.25, 0.3) is 0 Å². The molecule has 1 aromatic heterocycles. The Kier molecular flexibility index (Phi) is 5.80. The highest BCUT2D eigenvalue weighted by molar-refractivity contribution is 6.39. The third-order valence-corrected chi connectivity index (χ3v) is 6.96. The molecular weight excluding hydrogens is 409 g/mol. The number of carbonyl (C=O) groups is 1. The lowest BCUT2D eigenvalue weighted by Gasteiger charge is -2.40.